The topological polar surface area (TPSA) is 96.9 Å². The fraction of sp³-hybridized carbons (Fsp3) is 0.355. The second kappa shape index (κ2) is 13.9. The maximum absolute atomic E-state index is 13.2. The zero-order chi connectivity index (χ0) is 27.5. The second-order valence-corrected chi connectivity index (χ2v) is 10.4. The number of nitrogens with one attached hydrogen (secondary N) is 2. The van der Waals surface area contributed by atoms with Gasteiger partial charge in [0, 0.05) is 23.7 Å². The molecule has 0 aromatic heterocycles. The van der Waals surface area contributed by atoms with Crippen LogP contribution in [0.25, 0.3) is 0 Å². The largest absolute Gasteiger partial charge is 0.449 e. The Morgan fingerprint density at radius 3 is 2.21 bits per heavy atom. The Morgan fingerprint density at radius 2 is 1.59 bits per heavy atom. The molecule has 1 heterocycles. The highest BCUT2D eigenvalue weighted by molar-refractivity contribution is 5.93. The third-order valence-electron chi connectivity index (χ3n) is 6.91. The van der Waals surface area contributed by atoms with Crippen LogP contribution in [0.15, 0.2) is 91.0 Å². The van der Waals surface area contributed by atoms with Crippen LogP contribution in [0.3, 0.4) is 0 Å². The summed E-state index contributed by atoms with van der Waals surface area (Å²) in [6.07, 6.45) is -0.300. The SMILES string of the molecule is C[N+](Cc1ccccc1)(C[C@H](O)[C@H](Cc1ccccc1)NC(=O)OCC1CCOC1)NC(=O)c1ccccc1. The molecule has 1 aliphatic heterocycles. The van der Waals surface area contributed by atoms with E-state index in [1.54, 1.807) is 12.1 Å². The molecule has 3 aromatic carbocycles. The van der Waals surface area contributed by atoms with E-state index in [0.717, 1.165) is 17.5 Å². The number of carbonyl (C=O) groups excluding carboxylic acids is 2. The molecule has 8 nitrogen and oxygen atoms in total. The molecule has 39 heavy (non-hydrogen) atoms. The van der Waals surface area contributed by atoms with Crippen molar-refractivity contribution in [2.24, 2.45) is 5.92 Å². The smallest absolute Gasteiger partial charge is 0.407 e. The first kappa shape index (κ1) is 28.3. The Balaban J connectivity index is 1.51. The van der Waals surface area contributed by atoms with Crippen molar-refractivity contribution >= 4 is 12.0 Å². The Hall–Kier alpha value is -3.72. The van der Waals surface area contributed by atoms with Crippen LogP contribution >= 0.6 is 0 Å². The zero-order valence-electron chi connectivity index (χ0n) is 22.4. The molecule has 1 aliphatic rings. The van der Waals surface area contributed by atoms with E-state index in [1.165, 1.54) is 0 Å². The zero-order valence-corrected chi connectivity index (χ0v) is 22.4. The van der Waals surface area contributed by atoms with E-state index in [2.05, 4.69) is 10.7 Å². The number of alkyl carbamates (subject to hydrolysis) is 1. The number of nitrogens with zero attached hydrogens (tertiary/aromatic N) is 1. The molecule has 2 unspecified atom stereocenters. The highest BCUT2D eigenvalue weighted by atomic mass is 16.6. The number of hydrogen-bond acceptors (Lipinski definition) is 5. The van der Waals surface area contributed by atoms with Gasteiger partial charge in [0.1, 0.15) is 19.2 Å². The summed E-state index contributed by atoms with van der Waals surface area (Å²) < 4.78 is 10.9. The molecule has 0 aliphatic carbocycles. The predicted octanol–water partition coefficient (Wildman–Crippen LogP) is 3.71. The molecule has 3 N–H and O–H groups in total. The Labute approximate surface area is 230 Å². The van der Waals surface area contributed by atoms with Gasteiger partial charge in [-0.3, -0.25) is 4.79 Å². The lowest BCUT2D eigenvalue weighted by atomic mass is 10.0. The molecular weight excluding hydrogens is 494 g/mol. The summed E-state index contributed by atoms with van der Waals surface area (Å²) >= 11 is 0. The number of quaternary nitrogens is 1. The standard InChI is InChI=1S/C31H37N3O5/c1-34(20-25-13-7-3-8-14-25,33-30(36)27-15-9-4-10-16-27)21-29(35)28(19-24-11-5-2-6-12-24)32-31(37)39-23-26-17-18-38-22-26/h2-16,26,28-29,35H,17-23H2,1H3,(H-,32,33,36,37)/p+1/t26?,28-,29-,34?/m0/s1. The number of carbonyl (C=O) groups is 2. The van der Waals surface area contributed by atoms with Gasteiger partial charge in [0.25, 0.3) is 5.91 Å². The summed E-state index contributed by atoms with van der Waals surface area (Å²) in [6.45, 7) is 2.13. The first-order valence-electron chi connectivity index (χ1n) is 13.4. The van der Waals surface area contributed by atoms with E-state index in [1.807, 2.05) is 85.9 Å². The third kappa shape index (κ3) is 8.92. The molecule has 1 saturated heterocycles. The molecule has 2 amide bonds. The first-order chi connectivity index (χ1) is 18.9. The van der Waals surface area contributed by atoms with Gasteiger partial charge in [-0.25, -0.2) is 9.39 Å². The normalized spacial score (nSPS) is 17.9. The minimum absolute atomic E-state index is 0.0281. The van der Waals surface area contributed by atoms with Crippen LogP contribution in [0.1, 0.15) is 27.9 Å². The van der Waals surface area contributed by atoms with E-state index in [-0.39, 0.29) is 29.6 Å². The molecule has 1 fully saturated rings. The van der Waals surface area contributed by atoms with Gasteiger partial charge in [0.05, 0.1) is 26.3 Å². The van der Waals surface area contributed by atoms with Gasteiger partial charge in [-0.15, -0.1) is 0 Å². The number of aliphatic hydroxyl groups excluding tert-OH is 1. The van der Waals surface area contributed by atoms with E-state index in [0.29, 0.717) is 31.7 Å². The number of hydrogen-bond donors (Lipinski definition) is 3. The lowest BCUT2D eigenvalue weighted by Gasteiger charge is -2.37. The van der Waals surface area contributed by atoms with Crippen molar-refractivity contribution in [1.29, 1.82) is 0 Å². The van der Waals surface area contributed by atoms with E-state index < -0.39 is 18.2 Å². The lowest BCUT2D eigenvalue weighted by Crippen LogP contribution is -2.62. The van der Waals surface area contributed by atoms with Crippen LogP contribution in [0.2, 0.25) is 0 Å². The lowest BCUT2D eigenvalue weighted by molar-refractivity contribution is -0.958. The number of amides is 2. The van der Waals surface area contributed by atoms with E-state index in [9.17, 15) is 14.7 Å². The van der Waals surface area contributed by atoms with Gasteiger partial charge in [0.2, 0.25) is 0 Å². The number of ether oxygens (including phenoxy) is 2. The number of rotatable bonds is 12. The molecule has 0 saturated carbocycles. The molecule has 8 heteroatoms. The molecule has 0 radical (unpaired) electrons. The van der Waals surface area contributed by atoms with Crippen molar-refractivity contribution in [3.63, 3.8) is 0 Å². The number of benzene rings is 3. The van der Waals surface area contributed by atoms with Crippen molar-refractivity contribution < 1.29 is 28.8 Å². The third-order valence-corrected chi connectivity index (χ3v) is 6.91. The minimum atomic E-state index is -0.989. The van der Waals surface area contributed by atoms with Gasteiger partial charge in [-0.2, -0.15) is 5.43 Å². The summed E-state index contributed by atoms with van der Waals surface area (Å²) in [5, 5.41) is 14.4. The number of likely N-dealkylation sites (N-methyl/N-ethyl adjacent to an activating group) is 1. The monoisotopic (exact) mass is 532 g/mol. The summed E-state index contributed by atoms with van der Waals surface area (Å²) in [5.74, 6) is -0.0562. The van der Waals surface area contributed by atoms with Crippen LogP contribution < -0.4 is 10.7 Å². The first-order valence-corrected chi connectivity index (χ1v) is 13.4. The van der Waals surface area contributed by atoms with Crippen molar-refractivity contribution in [1.82, 2.24) is 10.7 Å². The van der Waals surface area contributed by atoms with E-state index in [4.69, 9.17) is 9.47 Å². The van der Waals surface area contributed by atoms with Gasteiger partial charge < -0.3 is 19.9 Å². The molecule has 0 spiro atoms. The quantitative estimate of drug-likeness (QED) is 0.244. The van der Waals surface area contributed by atoms with Crippen LogP contribution in [0.5, 0.6) is 0 Å². The van der Waals surface area contributed by atoms with Crippen molar-refractivity contribution in [3.05, 3.63) is 108 Å². The van der Waals surface area contributed by atoms with Gasteiger partial charge >= 0.3 is 6.09 Å². The second-order valence-electron chi connectivity index (χ2n) is 10.4. The predicted molar refractivity (Wildman–Crippen MR) is 148 cm³/mol. The Morgan fingerprint density at radius 1 is 0.974 bits per heavy atom. The van der Waals surface area contributed by atoms with Crippen molar-refractivity contribution in [2.75, 3.05) is 33.4 Å². The Kier molecular flexibility index (Phi) is 10.1. The average Bonchev–Trinajstić information content (AvgIpc) is 3.47. The molecule has 0 bridgehead atoms. The number of aliphatic hydroxyl groups is 1. The van der Waals surface area contributed by atoms with E-state index >= 15 is 0 Å². The van der Waals surface area contributed by atoms with Crippen molar-refractivity contribution in [2.45, 2.75) is 31.5 Å². The van der Waals surface area contributed by atoms with Crippen LogP contribution in [-0.4, -0.2) is 67.3 Å². The summed E-state index contributed by atoms with van der Waals surface area (Å²) in [6, 6.07) is 27.8. The molecular formula is C31H38N3O5+. The molecule has 3 aromatic rings. The summed E-state index contributed by atoms with van der Waals surface area (Å²) in [5.41, 5.74) is 5.61. The van der Waals surface area contributed by atoms with Gasteiger partial charge in [-0.1, -0.05) is 78.9 Å². The highest BCUT2D eigenvalue weighted by Gasteiger charge is 2.34. The highest BCUT2D eigenvalue weighted by Crippen LogP contribution is 2.16. The van der Waals surface area contributed by atoms with Gasteiger partial charge in [0.15, 0.2) is 0 Å². The fourth-order valence-electron chi connectivity index (χ4n) is 4.83. The van der Waals surface area contributed by atoms with Gasteiger partial charge in [-0.05, 0) is 30.5 Å². The minimum Gasteiger partial charge on any atom is -0.449 e. The molecule has 4 atom stereocenters. The maximum Gasteiger partial charge on any atom is 0.407 e. The molecule has 4 rings (SSSR count). The summed E-state index contributed by atoms with van der Waals surface area (Å²) in [7, 11) is 1.87. The summed E-state index contributed by atoms with van der Waals surface area (Å²) in [4.78, 5) is 25.9. The van der Waals surface area contributed by atoms with Crippen LogP contribution in [0.4, 0.5) is 4.79 Å². The van der Waals surface area contributed by atoms with Crippen LogP contribution in [0, 0.1) is 5.92 Å². The fourth-order valence-corrected chi connectivity index (χ4v) is 4.83. The van der Waals surface area contributed by atoms with Crippen molar-refractivity contribution in [3.8, 4) is 0 Å². The maximum atomic E-state index is 13.2. The van der Waals surface area contributed by atoms with Crippen LogP contribution in [-0.2, 0) is 22.4 Å². The molecule has 206 valence electrons. The Bertz CT molecular complexity index is 1170. The average molecular weight is 533 g/mol.